The number of rotatable bonds is 7. The van der Waals surface area contributed by atoms with E-state index in [1.54, 1.807) is 24.3 Å². The van der Waals surface area contributed by atoms with Crippen LogP contribution in [0.3, 0.4) is 0 Å². The number of ether oxygens (including phenoxy) is 1. The lowest BCUT2D eigenvalue weighted by Gasteiger charge is -2.09. The monoisotopic (exact) mass is 352 g/mol. The lowest BCUT2D eigenvalue weighted by Crippen LogP contribution is -2.27. The average molecular weight is 352 g/mol. The normalized spacial score (nSPS) is 10.7. The molecule has 3 aromatic rings. The number of benzene rings is 2. The molecule has 2 aromatic carbocycles. The van der Waals surface area contributed by atoms with Gasteiger partial charge in [-0.25, -0.2) is 4.98 Å². The maximum absolute atomic E-state index is 12.2. The van der Waals surface area contributed by atoms with Crippen molar-refractivity contribution in [1.82, 2.24) is 14.9 Å². The quantitative estimate of drug-likeness (QED) is 0.675. The van der Waals surface area contributed by atoms with Crippen LogP contribution in [0.4, 0.5) is 0 Å². The Morgan fingerprint density at radius 3 is 2.62 bits per heavy atom. The van der Waals surface area contributed by atoms with Gasteiger partial charge in [-0.2, -0.15) is 0 Å². The highest BCUT2D eigenvalue weighted by Crippen LogP contribution is 2.15. The van der Waals surface area contributed by atoms with Gasteiger partial charge in [0, 0.05) is 18.7 Å². The third-order valence-electron chi connectivity index (χ3n) is 3.96. The van der Waals surface area contributed by atoms with Crippen LogP contribution in [-0.4, -0.2) is 34.5 Å². The van der Waals surface area contributed by atoms with Crippen molar-refractivity contribution >= 4 is 22.8 Å². The standard InChI is InChI=1S/C19H20N4O3/c1-13-22-16-4-2-3-5-17(16)23(13)11-10-21-19(25)14-6-8-15(9-7-14)26-12-18(20)24/h2-9H,10-12H2,1H3,(H2,20,24)(H,21,25). The Balaban J connectivity index is 1.57. The zero-order valence-electron chi connectivity index (χ0n) is 14.4. The van der Waals surface area contributed by atoms with E-state index in [4.69, 9.17) is 10.5 Å². The van der Waals surface area contributed by atoms with E-state index in [1.165, 1.54) is 0 Å². The van der Waals surface area contributed by atoms with Crippen LogP contribution in [0.1, 0.15) is 16.2 Å². The number of aryl methyl sites for hydroxylation is 1. The van der Waals surface area contributed by atoms with Crippen LogP contribution in [0.15, 0.2) is 48.5 Å². The van der Waals surface area contributed by atoms with Crippen LogP contribution in [0.25, 0.3) is 11.0 Å². The Bertz CT molecular complexity index is 932. The fourth-order valence-corrected chi connectivity index (χ4v) is 2.72. The molecule has 0 radical (unpaired) electrons. The van der Waals surface area contributed by atoms with Crippen molar-refractivity contribution < 1.29 is 14.3 Å². The molecule has 3 rings (SSSR count). The first-order chi connectivity index (χ1) is 12.5. The fourth-order valence-electron chi connectivity index (χ4n) is 2.72. The van der Waals surface area contributed by atoms with Crippen LogP contribution in [-0.2, 0) is 11.3 Å². The number of amides is 2. The summed E-state index contributed by atoms with van der Waals surface area (Å²) in [7, 11) is 0. The van der Waals surface area contributed by atoms with E-state index in [-0.39, 0.29) is 12.5 Å². The number of primary amides is 1. The Morgan fingerprint density at radius 1 is 1.15 bits per heavy atom. The summed E-state index contributed by atoms with van der Waals surface area (Å²) in [5, 5.41) is 2.90. The van der Waals surface area contributed by atoms with E-state index < -0.39 is 5.91 Å². The first kappa shape index (κ1) is 17.5. The Hall–Kier alpha value is -3.35. The van der Waals surface area contributed by atoms with Crippen LogP contribution in [0, 0.1) is 6.92 Å². The van der Waals surface area contributed by atoms with Crippen molar-refractivity contribution in [3.63, 3.8) is 0 Å². The second kappa shape index (κ2) is 7.69. The van der Waals surface area contributed by atoms with Crippen molar-refractivity contribution in [3.8, 4) is 5.75 Å². The molecule has 0 saturated heterocycles. The Kier molecular flexibility index (Phi) is 5.17. The average Bonchev–Trinajstić information content (AvgIpc) is 2.96. The van der Waals surface area contributed by atoms with Crippen LogP contribution in [0.5, 0.6) is 5.75 Å². The van der Waals surface area contributed by atoms with Gasteiger partial charge in [0.05, 0.1) is 11.0 Å². The van der Waals surface area contributed by atoms with Crippen LogP contribution < -0.4 is 15.8 Å². The molecule has 2 amide bonds. The van der Waals surface area contributed by atoms with Crippen molar-refractivity contribution in [3.05, 3.63) is 59.9 Å². The summed E-state index contributed by atoms with van der Waals surface area (Å²) in [6.45, 7) is 2.88. The predicted octanol–water partition coefficient (Wildman–Crippen LogP) is 1.64. The molecule has 0 aliphatic heterocycles. The summed E-state index contributed by atoms with van der Waals surface area (Å²) in [6, 6.07) is 14.5. The molecule has 7 heteroatoms. The predicted molar refractivity (Wildman–Crippen MR) is 97.9 cm³/mol. The molecule has 0 saturated carbocycles. The minimum Gasteiger partial charge on any atom is -0.484 e. The zero-order valence-corrected chi connectivity index (χ0v) is 14.4. The van der Waals surface area contributed by atoms with Crippen molar-refractivity contribution in [2.75, 3.05) is 13.2 Å². The zero-order chi connectivity index (χ0) is 18.5. The van der Waals surface area contributed by atoms with Gasteiger partial charge < -0.3 is 20.4 Å². The van der Waals surface area contributed by atoms with Gasteiger partial charge in [-0.1, -0.05) is 12.1 Å². The molecule has 3 N–H and O–H groups in total. The maximum Gasteiger partial charge on any atom is 0.255 e. The minimum absolute atomic E-state index is 0.173. The molecule has 0 aliphatic rings. The van der Waals surface area contributed by atoms with Gasteiger partial charge in [0.25, 0.3) is 11.8 Å². The highest BCUT2D eigenvalue weighted by molar-refractivity contribution is 5.94. The molecule has 1 aromatic heterocycles. The van der Waals surface area contributed by atoms with E-state index in [1.807, 2.05) is 31.2 Å². The van der Waals surface area contributed by atoms with Crippen molar-refractivity contribution in [1.29, 1.82) is 0 Å². The number of imidazole rings is 1. The Labute approximate surface area is 150 Å². The van der Waals surface area contributed by atoms with Gasteiger partial charge in [-0.15, -0.1) is 0 Å². The third-order valence-corrected chi connectivity index (χ3v) is 3.96. The molecular formula is C19H20N4O3. The first-order valence-corrected chi connectivity index (χ1v) is 8.26. The molecule has 0 spiro atoms. The summed E-state index contributed by atoms with van der Waals surface area (Å²) in [5.74, 6) is 0.680. The lowest BCUT2D eigenvalue weighted by atomic mass is 10.2. The summed E-state index contributed by atoms with van der Waals surface area (Å²) < 4.78 is 7.25. The number of aromatic nitrogens is 2. The van der Waals surface area contributed by atoms with E-state index >= 15 is 0 Å². The number of nitrogens with one attached hydrogen (secondary N) is 1. The van der Waals surface area contributed by atoms with E-state index in [0.29, 0.717) is 24.4 Å². The largest absolute Gasteiger partial charge is 0.484 e. The summed E-state index contributed by atoms with van der Waals surface area (Å²) >= 11 is 0. The van der Waals surface area contributed by atoms with Crippen molar-refractivity contribution in [2.45, 2.75) is 13.5 Å². The smallest absolute Gasteiger partial charge is 0.255 e. The summed E-state index contributed by atoms with van der Waals surface area (Å²) in [5.41, 5.74) is 7.54. The molecule has 0 unspecified atom stereocenters. The number of nitrogens with zero attached hydrogens (tertiary/aromatic N) is 2. The molecule has 0 atom stereocenters. The number of hydrogen-bond donors (Lipinski definition) is 2. The third kappa shape index (κ3) is 4.00. The van der Waals surface area contributed by atoms with E-state index in [2.05, 4.69) is 14.9 Å². The number of para-hydroxylation sites is 2. The highest BCUT2D eigenvalue weighted by atomic mass is 16.5. The van der Waals surface area contributed by atoms with Gasteiger partial charge in [0.2, 0.25) is 0 Å². The van der Waals surface area contributed by atoms with E-state index in [0.717, 1.165) is 16.9 Å². The molecule has 0 bridgehead atoms. The molecule has 1 heterocycles. The molecule has 134 valence electrons. The van der Waals surface area contributed by atoms with Gasteiger partial charge in [0.1, 0.15) is 11.6 Å². The molecule has 0 fully saturated rings. The van der Waals surface area contributed by atoms with Gasteiger partial charge in [0.15, 0.2) is 6.61 Å². The Morgan fingerprint density at radius 2 is 1.88 bits per heavy atom. The summed E-state index contributed by atoms with van der Waals surface area (Å²) in [6.07, 6.45) is 0. The second-order valence-corrected chi connectivity index (χ2v) is 5.83. The maximum atomic E-state index is 12.2. The fraction of sp³-hybridized carbons (Fsp3) is 0.211. The van der Waals surface area contributed by atoms with E-state index in [9.17, 15) is 9.59 Å². The molecule has 26 heavy (non-hydrogen) atoms. The number of hydrogen-bond acceptors (Lipinski definition) is 4. The number of carbonyl (C=O) groups is 2. The highest BCUT2D eigenvalue weighted by Gasteiger charge is 2.09. The van der Waals surface area contributed by atoms with Gasteiger partial charge in [-0.05, 0) is 43.3 Å². The SMILES string of the molecule is Cc1nc2ccccc2n1CCNC(=O)c1ccc(OCC(N)=O)cc1. The number of fused-ring (bicyclic) bond motifs is 1. The molecular weight excluding hydrogens is 332 g/mol. The molecule has 7 nitrogen and oxygen atoms in total. The van der Waals surface area contributed by atoms with Crippen LogP contribution >= 0.6 is 0 Å². The van der Waals surface area contributed by atoms with Gasteiger partial charge >= 0.3 is 0 Å². The number of carbonyl (C=O) groups excluding carboxylic acids is 2. The molecule has 0 aliphatic carbocycles. The lowest BCUT2D eigenvalue weighted by molar-refractivity contribution is -0.119. The topological polar surface area (TPSA) is 99.2 Å². The number of nitrogens with two attached hydrogens (primary N) is 1. The summed E-state index contributed by atoms with van der Waals surface area (Å²) in [4.78, 5) is 27.5. The second-order valence-electron chi connectivity index (χ2n) is 5.83. The van der Waals surface area contributed by atoms with Crippen molar-refractivity contribution in [2.24, 2.45) is 5.73 Å². The van der Waals surface area contributed by atoms with Gasteiger partial charge in [-0.3, -0.25) is 9.59 Å². The van der Waals surface area contributed by atoms with Crippen LogP contribution in [0.2, 0.25) is 0 Å². The minimum atomic E-state index is -0.547. The first-order valence-electron chi connectivity index (χ1n) is 8.26.